The fourth-order valence-corrected chi connectivity index (χ4v) is 4.04. The molecule has 0 bridgehead atoms. The van der Waals surface area contributed by atoms with Crippen molar-refractivity contribution >= 4 is 0 Å². The van der Waals surface area contributed by atoms with Crippen molar-refractivity contribution in [1.82, 2.24) is 10.2 Å². The van der Waals surface area contributed by atoms with Crippen LogP contribution in [0.2, 0.25) is 0 Å². The molecule has 0 aromatic rings. The van der Waals surface area contributed by atoms with Gasteiger partial charge in [-0.25, -0.2) is 0 Å². The Bertz CT molecular complexity index is 276. The maximum atomic E-state index is 3.53. The number of nitrogens with one attached hydrogen (secondary N) is 1. The smallest absolute Gasteiger partial charge is 0.0125 e. The van der Waals surface area contributed by atoms with Crippen molar-refractivity contribution in [2.75, 3.05) is 26.2 Å². The second-order valence-corrected chi connectivity index (χ2v) is 8.48. The molecule has 19 heavy (non-hydrogen) atoms. The van der Waals surface area contributed by atoms with E-state index in [1.54, 1.807) is 0 Å². The number of likely N-dealkylation sites (tertiary alicyclic amines) is 1. The van der Waals surface area contributed by atoms with E-state index in [9.17, 15) is 0 Å². The molecule has 0 aromatic heterocycles. The summed E-state index contributed by atoms with van der Waals surface area (Å²) in [6.45, 7) is 17.1. The van der Waals surface area contributed by atoms with Crippen LogP contribution in [0.15, 0.2) is 0 Å². The third-order valence-electron chi connectivity index (χ3n) is 5.54. The van der Waals surface area contributed by atoms with Gasteiger partial charge in [-0.1, -0.05) is 13.8 Å². The maximum absolute atomic E-state index is 3.53. The number of hydrogen-bond acceptors (Lipinski definition) is 2. The summed E-state index contributed by atoms with van der Waals surface area (Å²) in [6.07, 6.45) is 5.62. The number of piperidine rings is 1. The van der Waals surface area contributed by atoms with Crippen molar-refractivity contribution in [1.29, 1.82) is 0 Å². The first kappa shape index (κ1) is 15.3. The molecule has 2 saturated heterocycles. The summed E-state index contributed by atoms with van der Waals surface area (Å²) >= 11 is 0. The summed E-state index contributed by atoms with van der Waals surface area (Å²) in [5.41, 5.74) is 0.883. The zero-order chi connectivity index (χ0) is 14.1. The Hall–Kier alpha value is -0.0800. The van der Waals surface area contributed by atoms with Crippen LogP contribution in [0.1, 0.15) is 60.3 Å². The number of hydrogen-bond donors (Lipinski definition) is 1. The Morgan fingerprint density at radius 1 is 1.00 bits per heavy atom. The fourth-order valence-electron chi connectivity index (χ4n) is 4.04. The van der Waals surface area contributed by atoms with Crippen LogP contribution in [-0.4, -0.2) is 36.6 Å². The minimum Gasteiger partial charge on any atom is -0.316 e. The van der Waals surface area contributed by atoms with E-state index < -0.39 is 0 Å². The van der Waals surface area contributed by atoms with E-state index in [1.807, 2.05) is 0 Å². The summed E-state index contributed by atoms with van der Waals surface area (Å²) in [5, 5.41) is 3.53. The van der Waals surface area contributed by atoms with Crippen molar-refractivity contribution in [2.45, 2.75) is 65.8 Å². The van der Waals surface area contributed by atoms with Gasteiger partial charge in [0.05, 0.1) is 0 Å². The van der Waals surface area contributed by atoms with E-state index in [-0.39, 0.29) is 0 Å². The lowest BCUT2D eigenvalue weighted by Crippen LogP contribution is -2.46. The van der Waals surface area contributed by atoms with Gasteiger partial charge in [-0.15, -0.1) is 0 Å². The molecule has 1 N–H and O–H groups in total. The van der Waals surface area contributed by atoms with Gasteiger partial charge in [0.1, 0.15) is 0 Å². The maximum Gasteiger partial charge on any atom is 0.0125 e. The summed E-state index contributed by atoms with van der Waals surface area (Å²) < 4.78 is 0. The second kappa shape index (κ2) is 5.73. The SMILES string of the molecule is CC(C)(CC1CCN(C(C)(C)C)CC1)C1CCNC1. The van der Waals surface area contributed by atoms with Crippen molar-refractivity contribution in [3.05, 3.63) is 0 Å². The zero-order valence-corrected chi connectivity index (χ0v) is 13.8. The topological polar surface area (TPSA) is 15.3 Å². The average Bonchev–Trinajstić information content (AvgIpc) is 2.82. The van der Waals surface area contributed by atoms with Gasteiger partial charge in [-0.2, -0.15) is 0 Å². The lowest BCUT2D eigenvalue weighted by Gasteiger charge is -2.43. The normalized spacial score (nSPS) is 27.9. The highest BCUT2D eigenvalue weighted by Crippen LogP contribution is 2.40. The lowest BCUT2D eigenvalue weighted by atomic mass is 9.70. The Labute approximate surface area is 120 Å². The van der Waals surface area contributed by atoms with Crippen LogP contribution in [0, 0.1) is 17.3 Å². The molecule has 1 atom stereocenters. The molecule has 1 unspecified atom stereocenters. The molecule has 2 heterocycles. The van der Waals surface area contributed by atoms with Crippen LogP contribution in [0.25, 0.3) is 0 Å². The van der Waals surface area contributed by atoms with Crippen LogP contribution < -0.4 is 5.32 Å². The van der Waals surface area contributed by atoms with Gasteiger partial charge in [0.25, 0.3) is 0 Å². The standard InChI is InChI=1S/C17H34N2/c1-16(2,3)19-10-7-14(8-11-19)12-17(4,5)15-6-9-18-13-15/h14-15,18H,6-13H2,1-5H3. The highest BCUT2D eigenvalue weighted by Gasteiger charge is 2.35. The predicted octanol–water partition coefficient (Wildman–Crippen LogP) is 3.52. The summed E-state index contributed by atoms with van der Waals surface area (Å²) in [5.74, 6) is 1.85. The second-order valence-electron chi connectivity index (χ2n) is 8.48. The number of nitrogens with zero attached hydrogens (tertiary/aromatic N) is 1. The molecule has 2 rings (SSSR count). The molecule has 0 amide bonds. The molecule has 0 spiro atoms. The summed E-state index contributed by atoms with van der Waals surface area (Å²) in [4.78, 5) is 2.66. The fraction of sp³-hybridized carbons (Fsp3) is 1.00. The highest BCUT2D eigenvalue weighted by atomic mass is 15.2. The molecule has 2 aliphatic rings. The molecule has 2 nitrogen and oxygen atoms in total. The van der Waals surface area contributed by atoms with Crippen molar-refractivity contribution in [3.8, 4) is 0 Å². The molecule has 2 heteroatoms. The van der Waals surface area contributed by atoms with Gasteiger partial charge in [-0.3, -0.25) is 4.90 Å². The van der Waals surface area contributed by atoms with E-state index in [4.69, 9.17) is 0 Å². The Kier molecular flexibility index (Phi) is 4.62. The molecule has 2 fully saturated rings. The van der Waals surface area contributed by atoms with E-state index in [1.165, 1.54) is 51.9 Å². The average molecular weight is 266 g/mol. The Morgan fingerprint density at radius 3 is 2.11 bits per heavy atom. The molecule has 0 aliphatic carbocycles. The highest BCUT2D eigenvalue weighted by molar-refractivity contribution is 4.89. The van der Waals surface area contributed by atoms with Gasteiger partial charge in [0.15, 0.2) is 0 Å². The van der Waals surface area contributed by atoms with Crippen LogP contribution in [-0.2, 0) is 0 Å². The van der Waals surface area contributed by atoms with Gasteiger partial charge in [0, 0.05) is 5.54 Å². The first-order valence-corrected chi connectivity index (χ1v) is 8.25. The minimum absolute atomic E-state index is 0.357. The van der Waals surface area contributed by atoms with E-state index in [0.717, 1.165) is 11.8 Å². The van der Waals surface area contributed by atoms with Crippen LogP contribution in [0.5, 0.6) is 0 Å². The quantitative estimate of drug-likeness (QED) is 0.841. The molecule has 2 aliphatic heterocycles. The van der Waals surface area contributed by atoms with Crippen LogP contribution in [0.3, 0.4) is 0 Å². The molecular weight excluding hydrogens is 232 g/mol. The van der Waals surface area contributed by atoms with E-state index in [0.29, 0.717) is 11.0 Å². The monoisotopic (exact) mass is 266 g/mol. The number of rotatable bonds is 3. The molecule has 0 saturated carbocycles. The first-order valence-electron chi connectivity index (χ1n) is 8.25. The van der Waals surface area contributed by atoms with Crippen molar-refractivity contribution in [2.24, 2.45) is 17.3 Å². The molecule has 112 valence electrons. The van der Waals surface area contributed by atoms with Crippen molar-refractivity contribution in [3.63, 3.8) is 0 Å². The molecule has 0 aromatic carbocycles. The summed E-state index contributed by atoms with van der Waals surface area (Å²) in [6, 6.07) is 0. The van der Waals surface area contributed by atoms with Gasteiger partial charge in [-0.05, 0) is 89.9 Å². The van der Waals surface area contributed by atoms with E-state index >= 15 is 0 Å². The van der Waals surface area contributed by atoms with Crippen LogP contribution in [0.4, 0.5) is 0 Å². The van der Waals surface area contributed by atoms with Gasteiger partial charge < -0.3 is 5.32 Å². The zero-order valence-electron chi connectivity index (χ0n) is 13.8. The largest absolute Gasteiger partial charge is 0.316 e. The van der Waals surface area contributed by atoms with E-state index in [2.05, 4.69) is 44.8 Å². The third-order valence-corrected chi connectivity index (χ3v) is 5.54. The Morgan fingerprint density at radius 2 is 1.63 bits per heavy atom. The minimum atomic E-state index is 0.357. The first-order chi connectivity index (χ1) is 8.79. The molecular formula is C17H34N2. The van der Waals surface area contributed by atoms with Gasteiger partial charge in [0.2, 0.25) is 0 Å². The van der Waals surface area contributed by atoms with Crippen molar-refractivity contribution < 1.29 is 0 Å². The van der Waals surface area contributed by atoms with Crippen LogP contribution >= 0.6 is 0 Å². The predicted molar refractivity (Wildman–Crippen MR) is 83.4 cm³/mol. The van der Waals surface area contributed by atoms with Gasteiger partial charge >= 0.3 is 0 Å². The Balaban J connectivity index is 1.82. The summed E-state index contributed by atoms with van der Waals surface area (Å²) in [7, 11) is 0. The molecule has 0 radical (unpaired) electrons. The third kappa shape index (κ3) is 3.95. The lowest BCUT2D eigenvalue weighted by molar-refractivity contribution is 0.0645.